The van der Waals surface area contributed by atoms with E-state index < -0.39 is 0 Å². The summed E-state index contributed by atoms with van der Waals surface area (Å²) >= 11 is 0. The zero-order valence-electron chi connectivity index (χ0n) is 19.5. The predicted molar refractivity (Wildman–Crippen MR) is 122 cm³/mol. The third-order valence-corrected chi connectivity index (χ3v) is 5.82. The van der Waals surface area contributed by atoms with Crippen LogP contribution < -0.4 is 0 Å². The molecule has 4 heteroatoms. The molecule has 0 saturated heterocycles. The van der Waals surface area contributed by atoms with Crippen LogP contribution >= 0.6 is 0 Å². The minimum absolute atomic E-state index is 0.0134. The van der Waals surface area contributed by atoms with Crippen LogP contribution in [-0.2, 0) is 9.53 Å². The summed E-state index contributed by atoms with van der Waals surface area (Å²) in [6.07, 6.45) is 20.2. The van der Waals surface area contributed by atoms with Crippen LogP contribution in [0.15, 0.2) is 0 Å². The van der Waals surface area contributed by atoms with Crippen LogP contribution in [0.5, 0.6) is 0 Å². The van der Waals surface area contributed by atoms with Crippen molar-refractivity contribution in [3.8, 4) is 0 Å². The maximum atomic E-state index is 12.3. The summed E-state index contributed by atoms with van der Waals surface area (Å²) in [6, 6.07) is 0. The fourth-order valence-electron chi connectivity index (χ4n) is 3.75. The van der Waals surface area contributed by atoms with Crippen molar-refractivity contribution in [2.24, 2.45) is 5.92 Å². The third-order valence-electron chi connectivity index (χ3n) is 5.82. The first-order chi connectivity index (χ1) is 14.2. The van der Waals surface area contributed by atoms with Crippen LogP contribution in [0.2, 0.25) is 0 Å². The molecule has 0 radical (unpaired) electrons. The lowest BCUT2D eigenvalue weighted by molar-refractivity contribution is -0.150. The first kappa shape index (κ1) is 28.4. The summed E-state index contributed by atoms with van der Waals surface area (Å²) in [6.45, 7) is 4.51. The molecule has 174 valence electrons. The van der Waals surface area contributed by atoms with Gasteiger partial charge in [0.05, 0.1) is 0 Å². The summed E-state index contributed by atoms with van der Waals surface area (Å²) in [5.74, 6) is -0.129. The topological polar surface area (TPSA) is 66.8 Å². The number of ether oxygens (including phenoxy) is 1. The van der Waals surface area contributed by atoms with Crippen LogP contribution in [0.4, 0.5) is 0 Å². The monoisotopic (exact) mass is 414 g/mol. The molecule has 0 aliphatic carbocycles. The standard InChI is InChI=1S/C25H50O4/c1-3-5-7-9-11-13-18-24(19-14-12-10-8-6-4-2)29-25(28)20-16-15-17-23(21-26)22-27/h23-24,26-27H,3-22H2,1-2H3. The number of esters is 1. The SMILES string of the molecule is CCCCCCCCC(CCCCCCCC)OC(=O)CCCCC(CO)CO. The normalized spacial score (nSPS) is 11.5. The molecule has 0 aromatic rings. The number of aliphatic hydroxyl groups excluding tert-OH is 2. The van der Waals surface area contributed by atoms with Gasteiger partial charge in [-0.1, -0.05) is 84.5 Å². The molecule has 0 spiro atoms. The Labute approximate surface area is 180 Å². The third kappa shape index (κ3) is 19.1. The second-order valence-electron chi connectivity index (χ2n) is 8.70. The lowest BCUT2D eigenvalue weighted by Gasteiger charge is -2.18. The van der Waals surface area contributed by atoms with Crippen LogP contribution in [0.1, 0.15) is 129 Å². The average molecular weight is 415 g/mol. The van der Waals surface area contributed by atoms with Gasteiger partial charge in [-0.05, 0) is 38.5 Å². The highest BCUT2D eigenvalue weighted by Gasteiger charge is 2.14. The number of rotatable bonds is 22. The minimum atomic E-state index is -0.0727. The number of unbranched alkanes of at least 4 members (excludes halogenated alkanes) is 11. The molecule has 0 rings (SSSR count). The summed E-state index contributed by atoms with van der Waals surface area (Å²) in [7, 11) is 0. The summed E-state index contributed by atoms with van der Waals surface area (Å²) < 4.78 is 5.83. The van der Waals surface area contributed by atoms with Crippen molar-refractivity contribution >= 4 is 5.97 Å². The quantitative estimate of drug-likeness (QED) is 0.155. The van der Waals surface area contributed by atoms with Crippen molar-refractivity contribution < 1.29 is 19.7 Å². The van der Waals surface area contributed by atoms with Gasteiger partial charge in [0.1, 0.15) is 6.10 Å². The maximum Gasteiger partial charge on any atom is 0.306 e. The fraction of sp³-hybridized carbons (Fsp3) is 0.960. The molecular formula is C25H50O4. The molecule has 0 saturated carbocycles. The van der Waals surface area contributed by atoms with Crippen molar-refractivity contribution in [1.82, 2.24) is 0 Å². The Bertz CT molecular complexity index is 326. The number of aliphatic hydroxyl groups is 2. The second-order valence-corrected chi connectivity index (χ2v) is 8.70. The molecule has 29 heavy (non-hydrogen) atoms. The Hall–Kier alpha value is -0.610. The molecular weight excluding hydrogens is 364 g/mol. The van der Waals surface area contributed by atoms with Crippen molar-refractivity contribution in [3.63, 3.8) is 0 Å². The van der Waals surface area contributed by atoms with E-state index in [-0.39, 0.29) is 31.2 Å². The zero-order valence-corrected chi connectivity index (χ0v) is 19.5. The van der Waals surface area contributed by atoms with Gasteiger partial charge in [-0.3, -0.25) is 4.79 Å². The molecule has 0 aromatic heterocycles. The Balaban J connectivity index is 4.10. The molecule has 2 N–H and O–H groups in total. The Kier molecular flexibility index (Phi) is 21.6. The lowest BCUT2D eigenvalue weighted by Crippen LogP contribution is -2.18. The van der Waals surface area contributed by atoms with E-state index >= 15 is 0 Å². The molecule has 0 amide bonds. The molecule has 0 heterocycles. The smallest absolute Gasteiger partial charge is 0.306 e. The second kappa shape index (κ2) is 22.1. The van der Waals surface area contributed by atoms with Gasteiger partial charge in [0.25, 0.3) is 0 Å². The molecule has 0 aromatic carbocycles. The van der Waals surface area contributed by atoms with Crippen LogP contribution in [0.3, 0.4) is 0 Å². The van der Waals surface area contributed by atoms with E-state index in [9.17, 15) is 4.79 Å². The zero-order chi connectivity index (χ0) is 21.6. The van der Waals surface area contributed by atoms with Gasteiger partial charge in [-0.15, -0.1) is 0 Å². The number of carbonyl (C=O) groups is 1. The van der Waals surface area contributed by atoms with Crippen LogP contribution in [0, 0.1) is 5.92 Å². The van der Waals surface area contributed by atoms with E-state index in [0.717, 1.165) is 44.9 Å². The molecule has 0 atom stereocenters. The van der Waals surface area contributed by atoms with Crippen molar-refractivity contribution in [2.75, 3.05) is 13.2 Å². The van der Waals surface area contributed by atoms with Crippen LogP contribution in [-0.4, -0.2) is 35.5 Å². The predicted octanol–water partition coefficient (Wildman–Crippen LogP) is 6.56. The summed E-state index contributed by atoms with van der Waals surface area (Å²) in [5.41, 5.74) is 0. The molecule has 0 aliphatic heterocycles. The van der Waals surface area contributed by atoms with Gasteiger partial charge >= 0.3 is 5.97 Å². The molecule has 0 bridgehead atoms. The fourth-order valence-corrected chi connectivity index (χ4v) is 3.75. The minimum Gasteiger partial charge on any atom is -0.462 e. The van der Waals surface area contributed by atoms with E-state index in [1.165, 1.54) is 64.2 Å². The highest BCUT2D eigenvalue weighted by molar-refractivity contribution is 5.69. The lowest BCUT2D eigenvalue weighted by atomic mass is 10.0. The highest BCUT2D eigenvalue weighted by atomic mass is 16.5. The summed E-state index contributed by atoms with van der Waals surface area (Å²) in [4.78, 5) is 12.3. The largest absolute Gasteiger partial charge is 0.462 e. The maximum absolute atomic E-state index is 12.3. The van der Waals surface area contributed by atoms with E-state index in [1.54, 1.807) is 0 Å². The van der Waals surface area contributed by atoms with E-state index in [0.29, 0.717) is 6.42 Å². The van der Waals surface area contributed by atoms with Gasteiger partial charge in [0.15, 0.2) is 0 Å². The van der Waals surface area contributed by atoms with Crippen molar-refractivity contribution in [2.45, 2.75) is 136 Å². The Morgan fingerprint density at radius 3 is 1.59 bits per heavy atom. The van der Waals surface area contributed by atoms with Crippen molar-refractivity contribution in [1.29, 1.82) is 0 Å². The number of hydrogen-bond donors (Lipinski definition) is 2. The van der Waals surface area contributed by atoms with Gasteiger partial charge in [0.2, 0.25) is 0 Å². The van der Waals surface area contributed by atoms with Crippen molar-refractivity contribution in [3.05, 3.63) is 0 Å². The van der Waals surface area contributed by atoms with E-state index in [2.05, 4.69) is 13.8 Å². The van der Waals surface area contributed by atoms with E-state index in [4.69, 9.17) is 14.9 Å². The summed E-state index contributed by atoms with van der Waals surface area (Å²) in [5, 5.41) is 18.2. The Morgan fingerprint density at radius 1 is 0.655 bits per heavy atom. The highest BCUT2D eigenvalue weighted by Crippen LogP contribution is 2.18. The van der Waals surface area contributed by atoms with E-state index in [1.807, 2.05) is 0 Å². The average Bonchev–Trinajstić information content (AvgIpc) is 2.73. The molecule has 0 aliphatic rings. The number of hydrogen-bond acceptors (Lipinski definition) is 4. The first-order valence-electron chi connectivity index (χ1n) is 12.6. The van der Waals surface area contributed by atoms with Crippen LogP contribution in [0.25, 0.3) is 0 Å². The number of carbonyl (C=O) groups excluding carboxylic acids is 1. The van der Waals surface area contributed by atoms with Gasteiger partial charge < -0.3 is 14.9 Å². The van der Waals surface area contributed by atoms with Gasteiger partial charge in [-0.2, -0.15) is 0 Å². The molecule has 4 nitrogen and oxygen atoms in total. The molecule has 0 fully saturated rings. The molecule has 0 unspecified atom stereocenters. The Morgan fingerprint density at radius 2 is 1.10 bits per heavy atom. The first-order valence-corrected chi connectivity index (χ1v) is 12.6. The van der Waals surface area contributed by atoms with Gasteiger partial charge in [0, 0.05) is 25.6 Å². The van der Waals surface area contributed by atoms with Gasteiger partial charge in [-0.25, -0.2) is 0 Å².